The number of benzene rings is 1. The van der Waals surface area contributed by atoms with Gasteiger partial charge in [-0.2, -0.15) is 0 Å². The summed E-state index contributed by atoms with van der Waals surface area (Å²) in [5, 5.41) is 5.70. The summed E-state index contributed by atoms with van der Waals surface area (Å²) in [6.07, 6.45) is 1.25. The van der Waals surface area contributed by atoms with Crippen LogP contribution in [0.15, 0.2) is 22.6 Å². The summed E-state index contributed by atoms with van der Waals surface area (Å²) in [5.41, 5.74) is 1.54. The minimum absolute atomic E-state index is 0.0680. The second kappa shape index (κ2) is 6.37. The van der Waals surface area contributed by atoms with E-state index >= 15 is 0 Å². The van der Waals surface area contributed by atoms with Gasteiger partial charge in [-0.25, -0.2) is 4.98 Å². The minimum atomic E-state index is -0.537. The molecule has 1 fully saturated rings. The number of hydrogen-bond donors (Lipinski definition) is 2. The number of fused-ring (bicyclic) bond motifs is 1. The number of hydrogen-bond acceptors (Lipinski definition) is 5. The Morgan fingerprint density at radius 3 is 3.09 bits per heavy atom. The van der Waals surface area contributed by atoms with Crippen LogP contribution in [0.4, 0.5) is 0 Å². The maximum Gasteiger partial charge on any atom is 0.255 e. The lowest BCUT2D eigenvalue weighted by Crippen LogP contribution is -2.51. The van der Waals surface area contributed by atoms with Gasteiger partial charge in [-0.1, -0.05) is 6.07 Å². The van der Waals surface area contributed by atoms with Gasteiger partial charge in [0.15, 0.2) is 11.5 Å². The number of aromatic nitrogens is 1. The molecule has 1 aliphatic rings. The van der Waals surface area contributed by atoms with E-state index in [2.05, 4.69) is 15.6 Å². The normalized spacial score (nSPS) is 21.7. The monoisotopic (exact) mass is 317 g/mol. The topological polar surface area (TPSA) is 93.5 Å². The summed E-state index contributed by atoms with van der Waals surface area (Å²) in [6.45, 7) is 1.74. The van der Waals surface area contributed by atoms with Crippen LogP contribution in [0.5, 0.6) is 0 Å². The van der Waals surface area contributed by atoms with E-state index in [4.69, 9.17) is 9.15 Å². The molecule has 2 heterocycles. The lowest BCUT2D eigenvalue weighted by molar-refractivity contribution is -0.124. The van der Waals surface area contributed by atoms with E-state index in [0.29, 0.717) is 41.8 Å². The van der Waals surface area contributed by atoms with Crippen LogP contribution in [0.1, 0.15) is 35.5 Å². The average molecular weight is 317 g/mol. The largest absolute Gasteiger partial charge is 0.440 e. The summed E-state index contributed by atoms with van der Waals surface area (Å²) in [6, 6.07) is 4.96. The highest BCUT2D eigenvalue weighted by atomic mass is 16.5. The Morgan fingerprint density at radius 2 is 2.30 bits per heavy atom. The van der Waals surface area contributed by atoms with Crippen molar-refractivity contribution in [2.75, 3.05) is 7.11 Å². The molecule has 7 heteroatoms. The van der Waals surface area contributed by atoms with Gasteiger partial charge in [0.1, 0.15) is 11.7 Å². The third kappa shape index (κ3) is 3.19. The number of methoxy groups -OCH3 is 1. The van der Waals surface area contributed by atoms with Crippen molar-refractivity contribution in [2.45, 2.75) is 38.5 Å². The first kappa shape index (κ1) is 15.5. The Bertz CT molecular complexity index is 740. The molecule has 0 bridgehead atoms. The first-order valence-electron chi connectivity index (χ1n) is 7.57. The summed E-state index contributed by atoms with van der Waals surface area (Å²) in [7, 11) is 1.51. The molecule has 0 spiro atoms. The molecule has 2 amide bonds. The Hall–Kier alpha value is -2.41. The van der Waals surface area contributed by atoms with E-state index in [1.807, 2.05) is 0 Å². The summed E-state index contributed by atoms with van der Waals surface area (Å²) in [4.78, 5) is 28.5. The summed E-state index contributed by atoms with van der Waals surface area (Å²) in [5.74, 6) is 0.174. The van der Waals surface area contributed by atoms with Gasteiger partial charge in [-0.3, -0.25) is 9.59 Å². The zero-order valence-electron chi connectivity index (χ0n) is 13.1. The van der Waals surface area contributed by atoms with Crippen molar-refractivity contribution < 1.29 is 18.7 Å². The van der Waals surface area contributed by atoms with Crippen molar-refractivity contribution in [1.82, 2.24) is 15.6 Å². The van der Waals surface area contributed by atoms with E-state index in [0.717, 1.165) is 0 Å². The summed E-state index contributed by atoms with van der Waals surface area (Å²) >= 11 is 0. The highest BCUT2D eigenvalue weighted by Crippen LogP contribution is 2.20. The van der Waals surface area contributed by atoms with Crippen LogP contribution in [0.2, 0.25) is 0 Å². The molecule has 0 aliphatic carbocycles. The van der Waals surface area contributed by atoms with Gasteiger partial charge >= 0.3 is 0 Å². The molecule has 2 atom stereocenters. The third-order valence-corrected chi connectivity index (χ3v) is 3.92. The van der Waals surface area contributed by atoms with Gasteiger partial charge in [0.2, 0.25) is 5.91 Å². The number of rotatable bonds is 3. The standard InChI is InChI=1S/C16H19N3O4/c1-9-17-11-6-3-5-10(14(11)23-9)15(21)18-12-7-4-8-13(20)19-16(12)22-2/h3,5-6,12,16H,4,7-8H2,1-2H3,(H,18,21)(H,19,20). The lowest BCUT2D eigenvalue weighted by atomic mass is 10.1. The van der Waals surface area contributed by atoms with E-state index < -0.39 is 6.23 Å². The molecule has 3 rings (SSSR count). The molecule has 1 saturated heterocycles. The van der Waals surface area contributed by atoms with Crippen LogP contribution in [0.25, 0.3) is 11.1 Å². The molecule has 23 heavy (non-hydrogen) atoms. The van der Waals surface area contributed by atoms with E-state index in [1.54, 1.807) is 25.1 Å². The number of oxazole rings is 1. The number of carbonyl (C=O) groups is 2. The van der Waals surface area contributed by atoms with Crippen molar-refractivity contribution in [3.8, 4) is 0 Å². The fourth-order valence-electron chi connectivity index (χ4n) is 2.82. The molecule has 122 valence electrons. The number of carbonyl (C=O) groups excluding carboxylic acids is 2. The second-order valence-corrected chi connectivity index (χ2v) is 5.58. The molecule has 1 aromatic carbocycles. The second-order valence-electron chi connectivity index (χ2n) is 5.58. The van der Waals surface area contributed by atoms with Crippen molar-refractivity contribution in [2.24, 2.45) is 0 Å². The van der Waals surface area contributed by atoms with Gasteiger partial charge < -0.3 is 19.8 Å². The van der Waals surface area contributed by atoms with Crippen LogP contribution in [-0.2, 0) is 9.53 Å². The number of para-hydroxylation sites is 1. The quantitative estimate of drug-likeness (QED) is 0.895. The molecule has 1 aliphatic heterocycles. The van der Waals surface area contributed by atoms with Crippen molar-refractivity contribution in [3.63, 3.8) is 0 Å². The van der Waals surface area contributed by atoms with E-state index in [1.165, 1.54) is 7.11 Å². The van der Waals surface area contributed by atoms with E-state index in [-0.39, 0.29) is 17.9 Å². The summed E-state index contributed by atoms with van der Waals surface area (Å²) < 4.78 is 10.8. The van der Waals surface area contributed by atoms with Crippen LogP contribution >= 0.6 is 0 Å². The number of aryl methyl sites for hydroxylation is 1. The number of nitrogens with zero attached hydrogens (tertiary/aromatic N) is 1. The predicted molar refractivity (Wildman–Crippen MR) is 82.8 cm³/mol. The molecular formula is C16H19N3O4. The van der Waals surface area contributed by atoms with Crippen LogP contribution in [-0.4, -0.2) is 36.2 Å². The molecular weight excluding hydrogens is 298 g/mol. The smallest absolute Gasteiger partial charge is 0.255 e. The Balaban J connectivity index is 1.83. The molecule has 2 N–H and O–H groups in total. The molecule has 0 saturated carbocycles. The Kier molecular flexibility index (Phi) is 4.29. The average Bonchev–Trinajstić information content (AvgIpc) is 2.81. The zero-order valence-corrected chi connectivity index (χ0v) is 13.1. The van der Waals surface area contributed by atoms with Gasteiger partial charge in [-0.05, 0) is 25.0 Å². The molecule has 2 aromatic rings. The highest BCUT2D eigenvalue weighted by Gasteiger charge is 2.28. The van der Waals surface area contributed by atoms with Gasteiger partial charge in [0.25, 0.3) is 5.91 Å². The van der Waals surface area contributed by atoms with Gasteiger partial charge in [0, 0.05) is 20.5 Å². The third-order valence-electron chi connectivity index (χ3n) is 3.92. The first-order chi connectivity index (χ1) is 11.1. The zero-order chi connectivity index (χ0) is 16.4. The van der Waals surface area contributed by atoms with E-state index in [9.17, 15) is 9.59 Å². The highest BCUT2D eigenvalue weighted by molar-refractivity contribution is 6.04. The number of nitrogens with one attached hydrogen (secondary N) is 2. The number of amides is 2. The minimum Gasteiger partial charge on any atom is -0.440 e. The Morgan fingerprint density at radius 1 is 1.48 bits per heavy atom. The van der Waals surface area contributed by atoms with Gasteiger partial charge in [-0.15, -0.1) is 0 Å². The van der Waals surface area contributed by atoms with Crippen LogP contribution in [0.3, 0.4) is 0 Å². The van der Waals surface area contributed by atoms with Crippen molar-refractivity contribution in [3.05, 3.63) is 29.7 Å². The lowest BCUT2D eigenvalue weighted by Gasteiger charge is -2.25. The van der Waals surface area contributed by atoms with Crippen LogP contribution < -0.4 is 10.6 Å². The van der Waals surface area contributed by atoms with Crippen LogP contribution in [0, 0.1) is 6.92 Å². The predicted octanol–water partition coefficient (Wildman–Crippen LogP) is 1.51. The molecule has 2 unspecified atom stereocenters. The van der Waals surface area contributed by atoms with Gasteiger partial charge in [0.05, 0.1) is 11.6 Å². The molecule has 7 nitrogen and oxygen atoms in total. The Labute approximate surface area is 133 Å². The number of ether oxygens (including phenoxy) is 1. The first-order valence-corrected chi connectivity index (χ1v) is 7.57. The fourth-order valence-corrected chi connectivity index (χ4v) is 2.82. The van der Waals surface area contributed by atoms with Crippen molar-refractivity contribution >= 4 is 22.9 Å². The molecule has 1 aromatic heterocycles. The SMILES string of the molecule is COC1NC(=O)CCCC1NC(=O)c1cccc2nc(C)oc12. The fraction of sp³-hybridized carbons (Fsp3) is 0.438. The maximum atomic E-state index is 12.6. The van der Waals surface area contributed by atoms with Crippen molar-refractivity contribution in [1.29, 1.82) is 0 Å². The maximum absolute atomic E-state index is 12.6. The molecule has 0 radical (unpaired) electrons.